The van der Waals surface area contributed by atoms with Crippen molar-refractivity contribution in [1.82, 2.24) is 0 Å². The molecule has 0 aliphatic rings. The number of carbonyl (C=O) groups is 1. The second-order valence-electron chi connectivity index (χ2n) is 7.33. The Labute approximate surface area is 168 Å². The molecule has 0 heterocycles. The van der Waals surface area contributed by atoms with Crippen molar-refractivity contribution in [2.45, 2.75) is 50.8 Å². The lowest BCUT2D eigenvalue weighted by atomic mass is 9.84. The van der Waals surface area contributed by atoms with E-state index in [0.29, 0.717) is 25.0 Å². The van der Waals surface area contributed by atoms with Crippen LogP contribution in [0.25, 0.3) is 0 Å². The van der Waals surface area contributed by atoms with E-state index in [-0.39, 0.29) is 10.6 Å². The monoisotopic (exact) mass is 402 g/mol. The lowest BCUT2D eigenvalue weighted by molar-refractivity contribution is -0.115. The molecule has 0 saturated heterocycles. The zero-order valence-electron chi connectivity index (χ0n) is 17.0. The van der Waals surface area contributed by atoms with Crippen LogP contribution in [-0.4, -0.2) is 27.6 Å². The van der Waals surface area contributed by atoms with E-state index < -0.39 is 15.3 Å². The lowest BCUT2D eigenvalue weighted by Crippen LogP contribution is -2.31. The molecule has 0 aliphatic heterocycles. The summed E-state index contributed by atoms with van der Waals surface area (Å²) in [5.41, 5.74) is 1.22. The molecule has 4 nitrogen and oxygen atoms in total. The van der Waals surface area contributed by atoms with Crippen molar-refractivity contribution in [2.75, 3.05) is 12.9 Å². The maximum absolute atomic E-state index is 13.1. The summed E-state index contributed by atoms with van der Waals surface area (Å²) >= 11 is 0. The van der Waals surface area contributed by atoms with Crippen LogP contribution in [0.4, 0.5) is 0 Å². The number of unbranched alkanes of at least 4 members (excludes halogenated alkanes) is 1. The summed E-state index contributed by atoms with van der Waals surface area (Å²) in [5, 5.41) is 0. The fraction of sp³-hybridized carbons (Fsp3) is 0.435. The maximum Gasteiger partial charge on any atom is 0.179 e. The van der Waals surface area contributed by atoms with Crippen LogP contribution in [-0.2, 0) is 21.1 Å². The van der Waals surface area contributed by atoms with E-state index in [0.717, 1.165) is 30.3 Å². The van der Waals surface area contributed by atoms with Crippen molar-refractivity contribution in [1.29, 1.82) is 0 Å². The van der Waals surface area contributed by atoms with E-state index in [4.69, 9.17) is 4.74 Å². The molecule has 2 aromatic carbocycles. The second-order valence-corrected chi connectivity index (χ2v) is 9.32. The van der Waals surface area contributed by atoms with Gasteiger partial charge in [0, 0.05) is 11.8 Å². The number of ether oxygens (including phenoxy) is 1. The molecule has 1 atom stereocenters. The summed E-state index contributed by atoms with van der Waals surface area (Å²) in [6.45, 7) is 3.92. The third-order valence-corrected chi connectivity index (χ3v) is 7.24. The molecular formula is C23H30O4S. The van der Waals surface area contributed by atoms with Gasteiger partial charge in [-0.1, -0.05) is 63.1 Å². The molecule has 0 radical (unpaired) electrons. The molecule has 2 rings (SSSR count). The van der Waals surface area contributed by atoms with Gasteiger partial charge in [-0.15, -0.1) is 0 Å². The van der Waals surface area contributed by atoms with Crippen molar-refractivity contribution in [3.8, 4) is 5.75 Å². The van der Waals surface area contributed by atoms with Gasteiger partial charge in [-0.2, -0.15) is 0 Å². The third kappa shape index (κ3) is 5.44. The standard InChI is InChI=1S/C23H30O4S/c1-4-6-14-23(5-2,17-24)18-28(25,26)21-13-12-20(22(16-21)27-3)15-19-10-8-7-9-11-19/h7-13,16-17H,4-6,14-15,18H2,1-3H3. The largest absolute Gasteiger partial charge is 0.496 e. The first kappa shape index (κ1) is 22.2. The highest BCUT2D eigenvalue weighted by Crippen LogP contribution is 2.33. The van der Waals surface area contributed by atoms with Gasteiger partial charge >= 0.3 is 0 Å². The number of carbonyl (C=O) groups excluding carboxylic acids is 1. The van der Waals surface area contributed by atoms with Gasteiger partial charge < -0.3 is 9.53 Å². The molecule has 0 fully saturated rings. The number of methoxy groups -OCH3 is 1. The minimum absolute atomic E-state index is 0.165. The normalized spacial score (nSPS) is 13.7. The van der Waals surface area contributed by atoms with Crippen LogP contribution in [0.2, 0.25) is 0 Å². The molecule has 2 aromatic rings. The number of hydrogen-bond donors (Lipinski definition) is 0. The Kier molecular flexibility index (Phi) is 7.81. The van der Waals surface area contributed by atoms with Crippen molar-refractivity contribution in [3.63, 3.8) is 0 Å². The average molecular weight is 403 g/mol. The molecule has 152 valence electrons. The van der Waals surface area contributed by atoms with Gasteiger partial charge in [-0.25, -0.2) is 8.42 Å². The summed E-state index contributed by atoms with van der Waals surface area (Å²) in [4.78, 5) is 12.0. The van der Waals surface area contributed by atoms with E-state index in [2.05, 4.69) is 0 Å². The van der Waals surface area contributed by atoms with Crippen LogP contribution in [0.3, 0.4) is 0 Å². The highest BCUT2D eigenvalue weighted by Gasteiger charge is 2.34. The molecule has 0 bridgehead atoms. The molecular weight excluding hydrogens is 372 g/mol. The minimum Gasteiger partial charge on any atom is -0.496 e. The Hall–Kier alpha value is -2.14. The van der Waals surface area contributed by atoms with Gasteiger partial charge in [0.1, 0.15) is 12.0 Å². The Morgan fingerprint density at radius 2 is 1.79 bits per heavy atom. The van der Waals surface area contributed by atoms with Crippen LogP contribution in [0.1, 0.15) is 50.7 Å². The summed E-state index contributed by atoms with van der Waals surface area (Å²) in [7, 11) is -2.06. The number of rotatable bonds is 11. The Morgan fingerprint density at radius 3 is 2.36 bits per heavy atom. The number of hydrogen-bond acceptors (Lipinski definition) is 4. The quantitative estimate of drug-likeness (QED) is 0.504. The molecule has 0 spiro atoms. The van der Waals surface area contributed by atoms with Crippen molar-refractivity contribution < 1.29 is 17.9 Å². The molecule has 0 amide bonds. The van der Waals surface area contributed by atoms with Gasteiger partial charge in [0.15, 0.2) is 9.84 Å². The summed E-state index contributed by atoms with van der Waals surface area (Å²) in [6.07, 6.45) is 4.36. The van der Waals surface area contributed by atoms with Crippen LogP contribution in [0.5, 0.6) is 5.75 Å². The first-order valence-corrected chi connectivity index (χ1v) is 11.4. The molecule has 5 heteroatoms. The summed E-state index contributed by atoms with van der Waals surface area (Å²) < 4.78 is 31.6. The SMILES string of the molecule is CCCCC(C=O)(CC)CS(=O)(=O)c1ccc(Cc2ccccc2)c(OC)c1. The molecule has 28 heavy (non-hydrogen) atoms. The van der Waals surface area contributed by atoms with Crippen LogP contribution in [0, 0.1) is 5.41 Å². The average Bonchev–Trinajstić information content (AvgIpc) is 2.72. The van der Waals surface area contributed by atoms with Gasteiger partial charge in [-0.3, -0.25) is 0 Å². The fourth-order valence-corrected chi connectivity index (χ4v) is 5.30. The predicted molar refractivity (Wildman–Crippen MR) is 113 cm³/mol. The lowest BCUT2D eigenvalue weighted by Gasteiger charge is -2.26. The number of benzene rings is 2. The Morgan fingerprint density at radius 1 is 1.07 bits per heavy atom. The smallest absolute Gasteiger partial charge is 0.179 e. The molecule has 0 aliphatic carbocycles. The summed E-state index contributed by atoms with van der Waals surface area (Å²) in [5.74, 6) is 0.382. The first-order chi connectivity index (χ1) is 13.4. The number of aldehydes is 1. The van der Waals surface area contributed by atoms with E-state index >= 15 is 0 Å². The predicted octanol–water partition coefficient (Wildman–Crippen LogP) is 4.85. The summed E-state index contributed by atoms with van der Waals surface area (Å²) in [6, 6.07) is 15.0. The van der Waals surface area contributed by atoms with Crippen LogP contribution in [0.15, 0.2) is 53.4 Å². The van der Waals surface area contributed by atoms with Gasteiger partial charge in [0.2, 0.25) is 0 Å². The Balaban J connectivity index is 2.31. The van der Waals surface area contributed by atoms with Gasteiger partial charge in [-0.05, 0) is 36.1 Å². The highest BCUT2D eigenvalue weighted by atomic mass is 32.2. The van der Waals surface area contributed by atoms with Crippen molar-refractivity contribution >= 4 is 16.1 Å². The second kappa shape index (κ2) is 9.87. The van der Waals surface area contributed by atoms with Crippen LogP contribution < -0.4 is 4.74 Å². The van der Waals surface area contributed by atoms with Crippen molar-refractivity contribution in [2.24, 2.45) is 5.41 Å². The van der Waals surface area contributed by atoms with Crippen molar-refractivity contribution in [3.05, 3.63) is 59.7 Å². The van der Waals surface area contributed by atoms with E-state index in [1.165, 1.54) is 0 Å². The zero-order chi connectivity index (χ0) is 20.6. The van der Waals surface area contributed by atoms with E-state index in [1.54, 1.807) is 25.3 Å². The minimum atomic E-state index is -3.61. The van der Waals surface area contributed by atoms with Crippen LogP contribution >= 0.6 is 0 Å². The highest BCUT2D eigenvalue weighted by molar-refractivity contribution is 7.91. The Bertz CT molecular complexity index is 875. The fourth-order valence-electron chi connectivity index (χ4n) is 3.40. The van der Waals surface area contributed by atoms with E-state index in [9.17, 15) is 13.2 Å². The zero-order valence-corrected chi connectivity index (χ0v) is 17.8. The van der Waals surface area contributed by atoms with Gasteiger partial charge in [0.05, 0.1) is 17.8 Å². The molecule has 0 N–H and O–H groups in total. The maximum atomic E-state index is 13.1. The molecule has 0 aromatic heterocycles. The number of sulfone groups is 1. The third-order valence-electron chi connectivity index (χ3n) is 5.31. The van der Waals surface area contributed by atoms with E-state index in [1.807, 2.05) is 44.2 Å². The molecule has 1 unspecified atom stereocenters. The molecule has 0 saturated carbocycles. The first-order valence-electron chi connectivity index (χ1n) is 9.79. The van der Waals surface area contributed by atoms with Gasteiger partial charge in [0.25, 0.3) is 0 Å². The topological polar surface area (TPSA) is 60.4 Å².